The summed E-state index contributed by atoms with van der Waals surface area (Å²) in [5.41, 5.74) is 5.72. The molecule has 0 amide bonds. The third-order valence-electron chi connectivity index (χ3n) is 5.94. The average Bonchev–Trinajstić information content (AvgIpc) is 3.30. The van der Waals surface area contributed by atoms with Gasteiger partial charge in [-0.3, -0.25) is 4.79 Å². The second-order valence-corrected chi connectivity index (χ2v) is 11.4. The summed E-state index contributed by atoms with van der Waals surface area (Å²) >= 11 is 0. The van der Waals surface area contributed by atoms with Gasteiger partial charge >= 0.3 is 5.97 Å². The number of nitriles is 1. The third kappa shape index (κ3) is 6.89. The molecule has 17 heteroatoms. The van der Waals surface area contributed by atoms with Crippen LogP contribution in [0, 0.1) is 11.3 Å². The van der Waals surface area contributed by atoms with Crippen molar-refractivity contribution < 1.29 is 9.90 Å². The quantitative estimate of drug-likeness (QED) is 0.268. The second-order valence-electron chi connectivity index (χ2n) is 8.91. The van der Waals surface area contributed by atoms with E-state index in [9.17, 15) is 4.79 Å². The first kappa shape index (κ1) is 24.1. The first-order chi connectivity index (χ1) is 12.1. The van der Waals surface area contributed by atoms with Crippen LogP contribution in [-0.2, 0) is 15.7 Å². The topological polar surface area (TPSA) is 87.1 Å². The fourth-order valence-electron chi connectivity index (χ4n) is 4.84. The van der Waals surface area contributed by atoms with Gasteiger partial charge in [0.15, 0.2) is 6.60 Å². The number of hydrogen-bond donors (Lipinski definition) is 2. The predicted octanol–water partition coefficient (Wildman–Crippen LogP) is -7.62. The number of carbonyl (C=O) groups is 1. The lowest BCUT2D eigenvalue weighted by molar-refractivity contribution is -0.138. The Kier molecular flexibility index (Phi) is 10.3. The zero-order valence-electron chi connectivity index (χ0n) is 17.4. The molecule has 0 radical (unpaired) electrons. The van der Waals surface area contributed by atoms with E-state index >= 15 is 0 Å². The largest absolute Gasteiger partial charge is 0.480 e. The van der Waals surface area contributed by atoms with E-state index in [-0.39, 0.29) is 10.9 Å². The summed E-state index contributed by atoms with van der Waals surface area (Å²) < 4.78 is 0. The highest BCUT2D eigenvalue weighted by Gasteiger charge is 2.59. The van der Waals surface area contributed by atoms with Gasteiger partial charge in [0.05, 0.1) is 64.1 Å². The summed E-state index contributed by atoms with van der Waals surface area (Å²) in [6.45, 7) is 0.730. The van der Waals surface area contributed by atoms with E-state index in [0.29, 0.717) is 49.9 Å². The molecule has 3 N–H and O–H groups in total. The van der Waals surface area contributed by atoms with Gasteiger partial charge in [0.1, 0.15) is 17.5 Å². The van der Waals surface area contributed by atoms with Crippen molar-refractivity contribution in [1.82, 2.24) is 0 Å². The fraction of sp³-hybridized carbons (Fsp3) is 0.778. The maximum Gasteiger partial charge on any atom is 0.320 e. The van der Waals surface area contributed by atoms with Gasteiger partial charge in [-0.2, -0.15) is 5.26 Å². The molecule has 2 unspecified atom stereocenters. The normalized spacial score (nSPS) is 17.5. The smallest absolute Gasteiger partial charge is 0.320 e. The maximum atomic E-state index is 11.0. The van der Waals surface area contributed by atoms with Gasteiger partial charge in [-0.05, 0) is 17.2 Å². The van der Waals surface area contributed by atoms with Crippen LogP contribution in [0.1, 0.15) is 12.8 Å². The summed E-state index contributed by atoms with van der Waals surface area (Å²) in [4.78, 5) is 11.0. The van der Waals surface area contributed by atoms with Crippen LogP contribution in [0.15, 0.2) is 0 Å². The lowest BCUT2D eigenvalue weighted by atomic mass is 8.50. The molecule has 1 aliphatic heterocycles. The lowest BCUT2D eigenvalue weighted by Gasteiger charge is -2.30. The van der Waals surface area contributed by atoms with Crippen LogP contribution in [-0.4, -0.2) is 119 Å². The number of rotatable bonds is 12. The molecule has 0 saturated carbocycles. The Hall–Kier alpha value is 0.0492. The van der Waals surface area contributed by atoms with Crippen LogP contribution in [0.3, 0.4) is 0 Å². The second kappa shape index (κ2) is 11.1. The van der Waals surface area contributed by atoms with Crippen LogP contribution in [0.25, 0.3) is 0 Å². The van der Waals surface area contributed by atoms with Gasteiger partial charge in [-0.1, -0.05) is 0 Å². The fourth-order valence-corrected chi connectivity index (χ4v) is 7.73. The van der Waals surface area contributed by atoms with Crippen LogP contribution in [0.5, 0.6) is 0 Å². The molecule has 4 nitrogen and oxygen atoms in total. The number of carboxylic acids is 1. The molecule has 0 aromatic rings. The van der Waals surface area contributed by atoms with Crippen LogP contribution in [0.2, 0.25) is 6.32 Å². The molecular formula is C9H27B12N2O2S+. The molecule has 126 valence electrons. The highest BCUT2D eigenvalue weighted by atomic mass is 32.2. The van der Waals surface area contributed by atoms with E-state index in [1.54, 1.807) is 0 Å². The molecule has 1 aliphatic rings. The van der Waals surface area contributed by atoms with Crippen molar-refractivity contribution in [3.05, 3.63) is 0 Å². The average molecular weight is 357 g/mol. The Bertz CT molecular complexity index is 500. The highest BCUT2D eigenvalue weighted by Crippen LogP contribution is 2.35. The summed E-state index contributed by atoms with van der Waals surface area (Å²) in [5.74, 6) is 0.846. The molecular weight excluding hydrogens is 330 g/mol. The first-order valence-electron chi connectivity index (χ1n) is 10.1. The van der Waals surface area contributed by atoms with Gasteiger partial charge in [0.2, 0.25) is 0 Å². The molecule has 0 bridgehead atoms. The summed E-state index contributed by atoms with van der Waals surface area (Å²) in [6, 6.07) is 1.50. The van der Waals surface area contributed by atoms with Gasteiger partial charge in [0.25, 0.3) is 0 Å². The molecule has 0 aliphatic carbocycles. The Morgan fingerprint density at radius 2 is 1.81 bits per heavy atom. The van der Waals surface area contributed by atoms with E-state index in [2.05, 4.69) is 52.5 Å². The first-order valence-corrected chi connectivity index (χ1v) is 11.8. The number of carboxylic acid groups (broad SMARTS) is 1. The Balaban J connectivity index is 2.84. The lowest BCUT2D eigenvalue weighted by Crippen LogP contribution is -2.70. The number of nitrogens with two attached hydrogens (primary N) is 1. The number of hydrogen-bond acceptors (Lipinski definition) is 3. The third-order valence-corrected chi connectivity index (χ3v) is 8.83. The van der Waals surface area contributed by atoms with Gasteiger partial charge in [0, 0.05) is 38.3 Å². The maximum absolute atomic E-state index is 11.0. The molecule has 1 fully saturated rings. The van der Waals surface area contributed by atoms with Crippen molar-refractivity contribution >= 4 is 102 Å². The van der Waals surface area contributed by atoms with Gasteiger partial charge in [-0.15, -0.1) is 0 Å². The monoisotopic (exact) mass is 359 g/mol. The van der Waals surface area contributed by atoms with Crippen LogP contribution < -0.4 is 5.73 Å². The molecule has 0 spiro atoms. The molecule has 3 atom stereocenters. The van der Waals surface area contributed by atoms with Crippen molar-refractivity contribution in [1.29, 1.82) is 5.26 Å². The molecule has 0 aromatic carbocycles. The van der Waals surface area contributed by atoms with Crippen molar-refractivity contribution in [3.63, 3.8) is 0 Å². The van der Waals surface area contributed by atoms with Gasteiger partial charge in [-0.25, -0.2) is 0 Å². The van der Waals surface area contributed by atoms with Crippen molar-refractivity contribution in [2.24, 2.45) is 5.73 Å². The standard InChI is InChI=1S/C9H26B12N2O2S/c10-17(11)20(21(18(12)13)19(14)15)16-6-8(16)26(4-1-3-22)5-2-7(23)9(24)25/h7-8H,1-2,4-6,10-15,23H2/p+1/t7-,8?,26?/m1/s1. The number of aliphatic carboxylic acids is 1. The minimum absolute atomic E-state index is 0.122. The number of nitrogens with zero attached hydrogens (tertiary/aromatic N) is 1. The minimum Gasteiger partial charge on any atom is -0.480 e. The van der Waals surface area contributed by atoms with E-state index < -0.39 is 12.0 Å². The van der Waals surface area contributed by atoms with E-state index in [1.165, 1.54) is 6.32 Å². The van der Waals surface area contributed by atoms with E-state index in [4.69, 9.17) is 16.1 Å². The highest BCUT2D eigenvalue weighted by molar-refractivity contribution is 8.10. The molecule has 26 heavy (non-hydrogen) atoms. The Labute approximate surface area is 170 Å². The summed E-state index contributed by atoms with van der Waals surface area (Å²) in [6.07, 6.45) is 5.77. The van der Waals surface area contributed by atoms with E-state index in [1.807, 2.05) is 0 Å². The summed E-state index contributed by atoms with van der Waals surface area (Å²) in [7, 11) is 14.2. The van der Waals surface area contributed by atoms with Crippen molar-refractivity contribution in [2.45, 2.75) is 30.4 Å². The van der Waals surface area contributed by atoms with E-state index in [0.717, 1.165) is 18.1 Å². The van der Waals surface area contributed by atoms with Gasteiger partial charge < -0.3 is 10.8 Å². The molecule has 1 rings (SSSR count). The van der Waals surface area contributed by atoms with Crippen LogP contribution in [0.4, 0.5) is 0 Å². The SMILES string of the molecule is BB(B)B(B(B)B)B(B(B)B)B1CC1[S+](CCC#N)CC[C@@H](N)C(=O)O. The molecule has 0 aromatic heterocycles. The zero-order valence-corrected chi connectivity index (χ0v) is 18.3. The summed E-state index contributed by atoms with van der Waals surface area (Å²) in [5, 5.41) is 18.7. The minimum atomic E-state index is -0.916. The van der Waals surface area contributed by atoms with Crippen LogP contribution >= 0.6 is 0 Å². The zero-order chi connectivity index (χ0) is 20.0. The predicted molar refractivity (Wildman–Crippen MR) is 142 cm³/mol. The molecule has 1 heterocycles. The Morgan fingerprint density at radius 1 is 1.23 bits per heavy atom. The van der Waals surface area contributed by atoms with Crippen molar-refractivity contribution in [2.75, 3.05) is 11.5 Å². The Morgan fingerprint density at radius 3 is 2.23 bits per heavy atom. The van der Waals surface area contributed by atoms with Crippen molar-refractivity contribution in [3.8, 4) is 6.07 Å². The molecule has 1 saturated heterocycles.